The molecule has 6 heteroatoms. The Morgan fingerprint density at radius 3 is 2.61 bits per heavy atom. The molecule has 1 heterocycles. The molecule has 18 heavy (non-hydrogen) atoms. The van der Waals surface area contributed by atoms with Gasteiger partial charge in [0.15, 0.2) is 11.5 Å². The molecule has 1 N–H and O–H groups in total. The monoisotopic (exact) mass is 257 g/mol. The third-order valence-electron chi connectivity index (χ3n) is 2.62. The van der Waals surface area contributed by atoms with Gasteiger partial charge in [0.05, 0.1) is 6.04 Å². The number of alkyl halides is 2. The molecular formula is C12H13F2NO3. The fourth-order valence-corrected chi connectivity index (χ4v) is 1.69. The van der Waals surface area contributed by atoms with Crippen molar-refractivity contribution >= 4 is 5.91 Å². The zero-order valence-electron chi connectivity index (χ0n) is 9.78. The minimum absolute atomic E-state index is 0.453. The number of carbonyl (C=O) groups is 1. The summed E-state index contributed by atoms with van der Waals surface area (Å²) < 4.78 is 35.0. The van der Waals surface area contributed by atoms with Gasteiger partial charge in [-0.1, -0.05) is 6.07 Å². The molecule has 0 fully saturated rings. The first-order valence-electron chi connectivity index (χ1n) is 5.56. The second-order valence-electron chi connectivity index (χ2n) is 3.93. The van der Waals surface area contributed by atoms with Crippen LogP contribution in [-0.2, 0) is 4.79 Å². The topological polar surface area (TPSA) is 47.6 Å². The molecule has 1 amide bonds. The third-order valence-corrected chi connectivity index (χ3v) is 2.62. The molecular weight excluding hydrogens is 244 g/mol. The smallest absolute Gasteiger partial charge is 0.315 e. The number of halogens is 2. The molecule has 0 spiro atoms. The van der Waals surface area contributed by atoms with Crippen LogP contribution >= 0.6 is 0 Å². The summed E-state index contributed by atoms with van der Waals surface area (Å²) in [4.78, 5) is 10.9. The van der Waals surface area contributed by atoms with Crippen molar-refractivity contribution in [2.45, 2.75) is 19.4 Å². The second-order valence-corrected chi connectivity index (χ2v) is 3.93. The number of fused-ring (bicyclic) bond motifs is 1. The Kier molecular flexibility index (Phi) is 3.64. The van der Waals surface area contributed by atoms with Gasteiger partial charge in [-0.3, -0.25) is 4.79 Å². The average Bonchev–Trinajstić information content (AvgIpc) is 2.37. The fourth-order valence-electron chi connectivity index (χ4n) is 1.69. The van der Waals surface area contributed by atoms with Crippen LogP contribution in [0.3, 0.4) is 0 Å². The average molecular weight is 257 g/mol. The van der Waals surface area contributed by atoms with Crippen LogP contribution in [0, 0.1) is 0 Å². The summed E-state index contributed by atoms with van der Waals surface area (Å²) >= 11 is 0. The Labute approximate surface area is 103 Å². The standard InChI is InChI=1S/C12H13F2NO3/c1-7(15-12(16)11(13)14)8-2-3-9-10(6-8)18-5-4-17-9/h2-3,6-7,11H,4-5H2,1H3,(H,15,16). The van der Waals surface area contributed by atoms with Crippen LogP contribution < -0.4 is 14.8 Å². The van der Waals surface area contributed by atoms with Gasteiger partial charge in [-0.2, -0.15) is 8.78 Å². The molecule has 0 bridgehead atoms. The van der Waals surface area contributed by atoms with Gasteiger partial charge in [0.25, 0.3) is 5.91 Å². The van der Waals surface area contributed by atoms with Gasteiger partial charge in [0.1, 0.15) is 13.2 Å². The molecule has 1 atom stereocenters. The number of carbonyl (C=O) groups excluding carboxylic acids is 1. The Balaban J connectivity index is 2.11. The second kappa shape index (κ2) is 5.20. The summed E-state index contributed by atoms with van der Waals surface area (Å²) in [6, 6.07) is 4.59. The van der Waals surface area contributed by atoms with Crippen molar-refractivity contribution in [1.82, 2.24) is 5.32 Å². The van der Waals surface area contributed by atoms with Crippen molar-refractivity contribution in [3.05, 3.63) is 23.8 Å². The van der Waals surface area contributed by atoms with Crippen molar-refractivity contribution in [1.29, 1.82) is 0 Å². The molecule has 1 aromatic carbocycles. The number of hydrogen-bond acceptors (Lipinski definition) is 3. The maximum atomic E-state index is 12.1. The predicted octanol–water partition coefficient (Wildman–Crippen LogP) is 1.90. The lowest BCUT2D eigenvalue weighted by Crippen LogP contribution is -2.31. The molecule has 1 aromatic rings. The van der Waals surface area contributed by atoms with Crippen LogP contribution in [0.25, 0.3) is 0 Å². The summed E-state index contributed by atoms with van der Waals surface area (Å²) in [6.45, 7) is 2.57. The van der Waals surface area contributed by atoms with Crippen LogP contribution in [-0.4, -0.2) is 25.5 Å². The van der Waals surface area contributed by atoms with E-state index in [4.69, 9.17) is 9.47 Å². The van der Waals surface area contributed by atoms with E-state index in [0.29, 0.717) is 30.3 Å². The van der Waals surface area contributed by atoms with Crippen molar-refractivity contribution in [3.8, 4) is 11.5 Å². The molecule has 0 radical (unpaired) electrons. The third kappa shape index (κ3) is 2.69. The molecule has 0 saturated carbocycles. The first-order valence-corrected chi connectivity index (χ1v) is 5.56. The minimum Gasteiger partial charge on any atom is -0.486 e. The summed E-state index contributed by atoms with van der Waals surface area (Å²) in [6.07, 6.45) is -3.01. The Hall–Kier alpha value is -1.85. The largest absolute Gasteiger partial charge is 0.486 e. The maximum absolute atomic E-state index is 12.1. The number of benzene rings is 1. The summed E-state index contributed by atoms with van der Waals surface area (Å²) in [5.74, 6) is -0.0910. The lowest BCUT2D eigenvalue weighted by molar-refractivity contribution is -0.132. The van der Waals surface area contributed by atoms with Crippen molar-refractivity contribution < 1.29 is 23.0 Å². The van der Waals surface area contributed by atoms with Gasteiger partial charge in [0, 0.05) is 0 Å². The van der Waals surface area contributed by atoms with E-state index in [1.807, 2.05) is 0 Å². The highest BCUT2D eigenvalue weighted by atomic mass is 19.3. The molecule has 98 valence electrons. The quantitative estimate of drug-likeness (QED) is 0.899. The molecule has 1 aliphatic rings. The summed E-state index contributed by atoms with van der Waals surface area (Å²) in [5, 5.41) is 2.22. The van der Waals surface area contributed by atoms with Crippen molar-refractivity contribution in [2.24, 2.45) is 0 Å². The van der Waals surface area contributed by atoms with E-state index in [2.05, 4.69) is 5.32 Å². The number of hydrogen-bond donors (Lipinski definition) is 1. The molecule has 0 aromatic heterocycles. The first kappa shape index (κ1) is 12.6. The Morgan fingerprint density at radius 2 is 1.94 bits per heavy atom. The number of rotatable bonds is 3. The molecule has 0 saturated heterocycles. The molecule has 1 aliphatic heterocycles. The van der Waals surface area contributed by atoms with E-state index in [1.165, 1.54) is 0 Å². The van der Waals surface area contributed by atoms with E-state index in [-0.39, 0.29) is 0 Å². The van der Waals surface area contributed by atoms with E-state index < -0.39 is 18.4 Å². The van der Waals surface area contributed by atoms with Gasteiger partial charge < -0.3 is 14.8 Å². The van der Waals surface area contributed by atoms with Crippen molar-refractivity contribution in [3.63, 3.8) is 0 Å². The zero-order valence-corrected chi connectivity index (χ0v) is 9.78. The highest BCUT2D eigenvalue weighted by Crippen LogP contribution is 2.32. The van der Waals surface area contributed by atoms with Crippen LogP contribution in [0.4, 0.5) is 8.78 Å². The normalized spacial score (nSPS) is 15.3. The number of nitrogens with one attached hydrogen (secondary N) is 1. The van der Waals surface area contributed by atoms with E-state index >= 15 is 0 Å². The fraction of sp³-hybridized carbons (Fsp3) is 0.417. The molecule has 4 nitrogen and oxygen atoms in total. The zero-order chi connectivity index (χ0) is 13.1. The van der Waals surface area contributed by atoms with E-state index in [9.17, 15) is 13.6 Å². The lowest BCUT2D eigenvalue weighted by Gasteiger charge is -2.21. The summed E-state index contributed by atoms with van der Waals surface area (Å²) in [7, 11) is 0. The van der Waals surface area contributed by atoms with E-state index in [0.717, 1.165) is 0 Å². The van der Waals surface area contributed by atoms with E-state index in [1.54, 1.807) is 25.1 Å². The Morgan fingerprint density at radius 1 is 1.28 bits per heavy atom. The van der Waals surface area contributed by atoms with Crippen LogP contribution in [0.2, 0.25) is 0 Å². The number of ether oxygens (including phenoxy) is 2. The van der Waals surface area contributed by atoms with Gasteiger partial charge in [-0.15, -0.1) is 0 Å². The molecule has 1 unspecified atom stereocenters. The van der Waals surface area contributed by atoms with Crippen molar-refractivity contribution in [2.75, 3.05) is 13.2 Å². The van der Waals surface area contributed by atoms with Crippen LogP contribution in [0.5, 0.6) is 11.5 Å². The van der Waals surface area contributed by atoms with Crippen LogP contribution in [0.15, 0.2) is 18.2 Å². The SMILES string of the molecule is CC(NC(=O)C(F)F)c1ccc2c(c1)OCCO2. The predicted molar refractivity (Wildman–Crippen MR) is 60.0 cm³/mol. The highest BCUT2D eigenvalue weighted by molar-refractivity contribution is 5.79. The molecule has 0 aliphatic carbocycles. The number of amides is 1. The van der Waals surface area contributed by atoms with Gasteiger partial charge in [-0.05, 0) is 24.6 Å². The summed E-state index contributed by atoms with van der Waals surface area (Å²) in [5.41, 5.74) is 0.688. The lowest BCUT2D eigenvalue weighted by atomic mass is 10.1. The van der Waals surface area contributed by atoms with Gasteiger partial charge >= 0.3 is 6.43 Å². The minimum atomic E-state index is -3.01. The maximum Gasteiger partial charge on any atom is 0.315 e. The molecule has 2 rings (SSSR count). The first-order chi connectivity index (χ1) is 8.58. The van der Waals surface area contributed by atoms with Gasteiger partial charge in [0.2, 0.25) is 0 Å². The van der Waals surface area contributed by atoms with Gasteiger partial charge in [-0.25, -0.2) is 0 Å². The Bertz CT molecular complexity index is 451. The van der Waals surface area contributed by atoms with Crippen LogP contribution in [0.1, 0.15) is 18.5 Å². The highest BCUT2D eigenvalue weighted by Gasteiger charge is 2.20.